The number of hydrogen-bond acceptors (Lipinski definition) is 4. The second-order valence-corrected chi connectivity index (χ2v) is 7.17. The molecule has 0 saturated heterocycles. The minimum atomic E-state index is -0.341. The average molecular weight is 348 g/mol. The van der Waals surface area contributed by atoms with Crippen molar-refractivity contribution in [2.45, 2.75) is 45.3 Å². The van der Waals surface area contributed by atoms with Gasteiger partial charge in [0.2, 0.25) is 5.91 Å². The van der Waals surface area contributed by atoms with E-state index in [1.807, 2.05) is 18.4 Å². The average Bonchev–Trinajstić information content (AvgIpc) is 3.11. The summed E-state index contributed by atoms with van der Waals surface area (Å²) < 4.78 is 19.8. The Morgan fingerprint density at radius 1 is 1.29 bits per heavy atom. The summed E-state index contributed by atoms with van der Waals surface area (Å²) in [5.41, 5.74) is 1.72. The number of ether oxygens (including phenoxy) is 1. The smallest absolute Gasteiger partial charge is 0.217 e. The predicted octanol–water partition coefficient (Wildman–Crippen LogP) is 4.38. The van der Waals surface area contributed by atoms with E-state index < -0.39 is 0 Å². The van der Waals surface area contributed by atoms with Crippen molar-refractivity contribution in [3.05, 3.63) is 40.3 Å². The molecule has 0 aliphatic heterocycles. The molecular formula is C18H21FN2O2S. The number of anilines is 2. The van der Waals surface area contributed by atoms with Crippen LogP contribution in [-0.2, 0) is 4.79 Å². The Hall–Kier alpha value is -2.08. The Morgan fingerprint density at radius 2 is 2.12 bits per heavy atom. The van der Waals surface area contributed by atoms with Gasteiger partial charge in [0.1, 0.15) is 17.7 Å². The van der Waals surface area contributed by atoms with Gasteiger partial charge >= 0.3 is 0 Å². The van der Waals surface area contributed by atoms with Crippen molar-refractivity contribution in [3.63, 3.8) is 0 Å². The second-order valence-electron chi connectivity index (χ2n) is 6.05. The van der Waals surface area contributed by atoms with Crippen LogP contribution in [0.2, 0.25) is 0 Å². The molecule has 1 heterocycles. The van der Waals surface area contributed by atoms with Gasteiger partial charge in [0.25, 0.3) is 0 Å². The molecule has 128 valence electrons. The van der Waals surface area contributed by atoms with Crippen molar-refractivity contribution in [2.75, 3.05) is 5.32 Å². The Morgan fingerprint density at radius 3 is 2.83 bits per heavy atom. The number of amides is 1. The van der Waals surface area contributed by atoms with E-state index in [1.165, 1.54) is 19.1 Å². The Labute approximate surface area is 145 Å². The van der Waals surface area contributed by atoms with Gasteiger partial charge in [-0.1, -0.05) is 0 Å². The van der Waals surface area contributed by atoms with Crippen LogP contribution < -0.4 is 15.4 Å². The lowest BCUT2D eigenvalue weighted by molar-refractivity contribution is -0.120. The van der Waals surface area contributed by atoms with Crippen LogP contribution in [0.5, 0.6) is 5.75 Å². The number of halogens is 1. The molecule has 0 unspecified atom stereocenters. The maximum atomic E-state index is 13.7. The van der Waals surface area contributed by atoms with Gasteiger partial charge < -0.3 is 15.4 Å². The quantitative estimate of drug-likeness (QED) is 0.843. The lowest BCUT2D eigenvalue weighted by Crippen LogP contribution is -2.41. The van der Waals surface area contributed by atoms with E-state index in [2.05, 4.69) is 10.6 Å². The Balaban J connectivity index is 1.80. The predicted molar refractivity (Wildman–Crippen MR) is 94.6 cm³/mol. The van der Waals surface area contributed by atoms with Crippen LogP contribution in [0.25, 0.3) is 0 Å². The van der Waals surface area contributed by atoms with Gasteiger partial charge in [-0.3, -0.25) is 4.79 Å². The molecule has 1 fully saturated rings. The highest BCUT2D eigenvalue weighted by Gasteiger charge is 2.30. The van der Waals surface area contributed by atoms with Gasteiger partial charge in [-0.15, -0.1) is 11.3 Å². The van der Waals surface area contributed by atoms with Gasteiger partial charge in [-0.2, -0.15) is 0 Å². The fourth-order valence-corrected chi connectivity index (χ4v) is 3.67. The molecule has 6 heteroatoms. The summed E-state index contributed by atoms with van der Waals surface area (Å²) >= 11 is 1.65. The molecule has 1 amide bonds. The first-order valence-corrected chi connectivity index (χ1v) is 8.95. The Bertz CT molecular complexity index is 732. The van der Waals surface area contributed by atoms with Crippen molar-refractivity contribution < 1.29 is 13.9 Å². The molecule has 2 N–H and O–H groups in total. The third kappa shape index (κ3) is 3.87. The molecule has 24 heavy (non-hydrogen) atoms. The minimum absolute atomic E-state index is 0.0264. The second kappa shape index (κ2) is 7.21. The zero-order chi connectivity index (χ0) is 17.1. The zero-order valence-electron chi connectivity index (χ0n) is 13.8. The topological polar surface area (TPSA) is 50.4 Å². The molecule has 1 aromatic heterocycles. The number of thiophene rings is 1. The molecule has 0 bridgehead atoms. The first kappa shape index (κ1) is 16.8. The van der Waals surface area contributed by atoms with E-state index in [1.54, 1.807) is 17.4 Å². The maximum Gasteiger partial charge on any atom is 0.217 e. The molecule has 4 nitrogen and oxygen atoms in total. The molecule has 1 aromatic carbocycles. The van der Waals surface area contributed by atoms with E-state index in [-0.39, 0.29) is 23.9 Å². The third-order valence-electron chi connectivity index (χ3n) is 4.19. The SMILES string of the molecule is CC(=O)N[C@H]1CCC[C@@H]1Oc1cc(F)ccc1Nc1ccsc1C. The molecule has 2 atom stereocenters. The van der Waals surface area contributed by atoms with Crippen LogP contribution in [0.1, 0.15) is 31.1 Å². The molecule has 1 aliphatic carbocycles. The monoisotopic (exact) mass is 348 g/mol. The van der Waals surface area contributed by atoms with Crippen LogP contribution >= 0.6 is 11.3 Å². The summed E-state index contributed by atoms with van der Waals surface area (Å²) in [5.74, 6) is 0.0662. The van der Waals surface area contributed by atoms with Crippen molar-refractivity contribution in [3.8, 4) is 5.75 Å². The normalized spacial score (nSPS) is 20.0. The summed E-state index contributed by atoms with van der Waals surface area (Å²) in [4.78, 5) is 12.5. The number of carbonyl (C=O) groups excluding carboxylic acids is 1. The third-order valence-corrected chi connectivity index (χ3v) is 5.04. The highest BCUT2D eigenvalue weighted by molar-refractivity contribution is 7.10. The van der Waals surface area contributed by atoms with E-state index >= 15 is 0 Å². The van der Waals surface area contributed by atoms with Crippen molar-refractivity contribution in [1.82, 2.24) is 5.32 Å². The molecular weight excluding hydrogens is 327 g/mol. The number of carbonyl (C=O) groups is 1. The number of hydrogen-bond donors (Lipinski definition) is 2. The first-order chi connectivity index (χ1) is 11.5. The van der Waals surface area contributed by atoms with Gasteiger partial charge in [-0.25, -0.2) is 4.39 Å². The molecule has 1 aliphatic rings. The minimum Gasteiger partial charge on any atom is -0.486 e. The van der Waals surface area contributed by atoms with E-state index in [0.29, 0.717) is 5.75 Å². The molecule has 0 radical (unpaired) electrons. The summed E-state index contributed by atoms with van der Waals surface area (Å²) in [6.07, 6.45) is 2.57. The highest BCUT2D eigenvalue weighted by atomic mass is 32.1. The first-order valence-electron chi connectivity index (χ1n) is 8.07. The van der Waals surface area contributed by atoms with Crippen LogP contribution in [0.4, 0.5) is 15.8 Å². The van der Waals surface area contributed by atoms with Gasteiger partial charge in [0.05, 0.1) is 17.4 Å². The highest BCUT2D eigenvalue weighted by Crippen LogP contribution is 2.34. The summed E-state index contributed by atoms with van der Waals surface area (Å²) in [6.45, 7) is 3.53. The van der Waals surface area contributed by atoms with E-state index in [9.17, 15) is 9.18 Å². The van der Waals surface area contributed by atoms with Gasteiger partial charge in [0, 0.05) is 17.9 Å². The van der Waals surface area contributed by atoms with Crippen molar-refractivity contribution in [1.29, 1.82) is 0 Å². The molecule has 0 spiro atoms. The van der Waals surface area contributed by atoms with Crippen LogP contribution in [0.15, 0.2) is 29.6 Å². The van der Waals surface area contributed by atoms with E-state index in [4.69, 9.17) is 4.74 Å². The van der Waals surface area contributed by atoms with Crippen LogP contribution in [0.3, 0.4) is 0 Å². The number of aryl methyl sites for hydroxylation is 1. The summed E-state index contributed by atoms with van der Waals surface area (Å²) in [6, 6.07) is 6.46. The number of nitrogens with one attached hydrogen (secondary N) is 2. The number of benzene rings is 1. The zero-order valence-corrected chi connectivity index (χ0v) is 14.6. The lowest BCUT2D eigenvalue weighted by atomic mass is 10.2. The van der Waals surface area contributed by atoms with Crippen LogP contribution in [-0.4, -0.2) is 18.1 Å². The lowest BCUT2D eigenvalue weighted by Gasteiger charge is -2.23. The number of rotatable bonds is 5. The largest absolute Gasteiger partial charge is 0.486 e. The molecule has 1 saturated carbocycles. The summed E-state index contributed by atoms with van der Waals surface area (Å²) in [5, 5.41) is 8.24. The van der Waals surface area contributed by atoms with Gasteiger partial charge in [-0.05, 0) is 49.8 Å². The van der Waals surface area contributed by atoms with E-state index in [0.717, 1.165) is 35.5 Å². The van der Waals surface area contributed by atoms with Gasteiger partial charge in [0.15, 0.2) is 0 Å². The fraction of sp³-hybridized carbons (Fsp3) is 0.389. The molecule has 2 aromatic rings. The summed E-state index contributed by atoms with van der Waals surface area (Å²) in [7, 11) is 0. The maximum absolute atomic E-state index is 13.7. The fourth-order valence-electron chi connectivity index (χ4n) is 3.01. The van der Waals surface area contributed by atoms with Crippen molar-refractivity contribution in [2.24, 2.45) is 0 Å². The Kier molecular flexibility index (Phi) is 5.04. The molecule has 3 rings (SSSR count). The standard InChI is InChI=1S/C18H21FN2O2S/c1-11-14(8-9-24-11)21-16-7-6-13(19)10-18(16)23-17-5-3-4-15(17)20-12(2)22/h6-10,15,17,21H,3-5H2,1-2H3,(H,20,22)/t15-,17-/m0/s1. The van der Waals surface area contributed by atoms with Crippen LogP contribution in [0, 0.1) is 12.7 Å². The van der Waals surface area contributed by atoms with Crippen molar-refractivity contribution >= 4 is 28.6 Å².